The van der Waals surface area contributed by atoms with Crippen molar-refractivity contribution in [1.29, 1.82) is 0 Å². The molecule has 0 spiro atoms. The first-order chi connectivity index (χ1) is 12.4. The van der Waals surface area contributed by atoms with Gasteiger partial charge in [0.1, 0.15) is 11.9 Å². The number of carbonyl (C=O) groups excluding carboxylic acids is 1. The number of hydrogen-bond acceptors (Lipinski definition) is 4. The molecule has 0 saturated heterocycles. The van der Waals surface area contributed by atoms with Crippen molar-refractivity contribution in [3.63, 3.8) is 0 Å². The van der Waals surface area contributed by atoms with Crippen molar-refractivity contribution in [2.45, 2.75) is 26.5 Å². The van der Waals surface area contributed by atoms with Crippen molar-refractivity contribution in [2.24, 2.45) is 0 Å². The largest absolute Gasteiger partial charge is 0.393 e. The zero-order valence-electron chi connectivity index (χ0n) is 14.5. The van der Waals surface area contributed by atoms with Crippen molar-refractivity contribution < 1.29 is 15.0 Å². The van der Waals surface area contributed by atoms with E-state index in [-0.39, 0.29) is 12.5 Å². The number of hydrogen-bond donors (Lipinski definition) is 3. The molecular formula is C19H20ClN3O3. The number of aliphatic hydroxyl groups excluding tert-OH is 2. The fourth-order valence-corrected chi connectivity index (χ4v) is 3.21. The molecule has 3 aromatic rings. The average molecular weight is 374 g/mol. The number of rotatable bonds is 5. The van der Waals surface area contributed by atoms with Gasteiger partial charge >= 0.3 is 0 Å². The Labute approximate surface area is 156 Å². The molecule has 3 rings (SSSR count). The highest BCUT2D eigenvalue weighted by atomic mass is 35.5. The Morgan fingerprint density at radius 3 is 2.81 bits per heavy atom. The molecule has 0 radical (unpaired) electrons. The second kappa shape index (κ2) is 7.45. The van der Waals surface area contributed by atoms with E-state index in [1.54, 1.807) is 37.4 Å². The summed E-state index contributed by atoms with van der Waals surface area (Å²) in [5.74, 6) is 0.134. The lowest BCUT2D eigenvalue weighted by Gasteiger charge is -2.12. The Hall–Kier alpha value is -2.41. The molecule has 0 aliphatic carbocycles. The normalized spacial score (nSPS) is 12.3. The standard InChI is InChI=1S/C19H20ClN3O3/c1-3-23-9-15(20)14-8-21-18(7-16(14)23)22-19(26)12-4-5-13(11(2)6-12)17(25)10-24/h4-9,17,24-25H,3,10H2,1-2H3,(H,21,22,26). The van der Waals surface area contributed by atoms with Crippen molar-refractivity contribution in [3.8, 4) is 0 Å². The summed E-state index contributed by atoms with van der Waals surface area (Å²) < 4.78 is 1.99. The molecule has 26 heavy (non-hydrogen) atoms. The van der Waals surface area contributed by atoms with E-state index in [4.69, 9.17) is 16.7 Å². The third-order valence-corrected chi connectivity index (χ3v) is 4.67. The van der Waals surface area contributed by atoms with Gasteiger partial charge in [0.15, 0.2) is 0 Å². The molecule has 2 aromatic heterocycles. The molecule has 7 heteroatoms. The number of benzene rings is 1. The minimum absolute atomic E-state index is 0.300. The number of carbonyl (C=O) groups is 1. The summed E-state index contributed by atoms with van der Waals surface area (Å²) in [6.07, 6.45) is 2.53. The van der Waals surface area contributed by atoms with E-state index in [0.717, 1.165) is 23.0 Å². The van der Waals surface area contributed by atoms with Crippen molar-refractivity contribution in [1.82, 2.24) is 9.55 Å². The zero-order chi connectivity index (χ0) is 18.8. The van der Waals surface area contributed by atoms with Gasteiger partial charge in [-0.05, 0) is 37.1 Å². The Morgan fingerprint density at radius 1 is 1.38 bits per heavy atom. The summed E-state index contributed by atoms with van der Waals surface area (Å²) in [5.41, 5.74) is 2.68. The molecule has 1 amide bonds. The first kappa shape index (κ1) is 18.4. The second-order valence-corrected chi connectivity index (χ2v) is 6.48. The van der Waals surface area contributed by atoms with Crippen molar-refractivity contribution in [2.75, 3.05) is 11.9 Å². The van der Waals surface area contributed by atoms with Crippen LogP contribution >= 0.6 is 11.6 Å². The second-order valence-electron chi connectivity index (χ2n) is 6.07. The van der Waals surface area contributed by atoms with Gasteiger partial charge in [-0.3, -0.25) is 4.79 Å². The van der Waals surface area contributed by atoms with E-state index in [9.17, 15) is 9.90 Å². The highest BCUT2D eigenvalue weighted by Crippen LogP contribution is 2.27. The van der Waals surface area contributed by atoms with E-state index in [1.807, 2.05) is 17.7 Å². The van der Waals surface area contributed by atoms with Crippen LogP contribution in [0.5, 0.6) is 0 Å². The van der Waals surface area contributed by atoms with Crippen LogP contribution in [-0.2, 0) is 6.54 Å². The number of nitrogens with zero attached hydrogens (tertiary/aromatic N) is 2. The zero-order valence-corrected chi connectivity index (χ0v) is 15.3. The molecule has 0 fully saturated rings. The van der Waals surface area contributed by atoms with Crippen LogP contribution in [0.25, 0.3) is 10.9 Å². The van der Waals surface area contributed by atoms with E-state index in [1.165, 1.54) is 0 Å². The fourth-order valence-electron chi connectivity index (χ4n) is 2.95. The maximum Gasteiger partial charge on any atom is 0.256 e. The lowest BCUT2D eigenvalue weighted by molar-refractivity contribution is 0.0949. The average Bonchev–Trinajstić information content (AvgIpc) is 2.96. The van der Waals surface area contributed by atoms with E-state index < -0.39 is 6.10 Å². The Kier molecular flexibility index (Phi) is 5.27. The molecule has 6 nitrogen and oxygen atoms in total. The quantitative estimate of drug-likeness (QED) is 0.640. The van der Waals surface area contributed by atoms with Gasteiger partial charge in [-0.1, -0.05) is 17.7 Å². The maximum absolute atomic E-state index is 12.5. The summed E-state index contributed by atoms with van der Waals surface area (Å²) in [5, 5.41) is 23.1. The Bertz CT molecular complexity index is 968. The van der Waals surface area contributed by atoms with Crippen molar-refractivity contribution in [3.05, 3.63) is 58.4 Å². The number of aromatic nitrogens is 2. The Balaban J connectivity index is 1.86. The molecule has 136 valence electrons. The van der Waals surface area contributed by atoms with Gasteiger partial charge in [0, 0.05) is 36.0 Å². The minimum Gasteiger partial charge on any atom is -0.393 e. The van der Waals surface area contributed by atoms with Gasteiger partial charge in [0.05, 0.1) is 17.1 Å². The SMILES string of the molecule is CCn1cc(Cl)c2cnc(NC(=O)c3ccc(C(O)CO)c(C)c3)cc21. The molecule has 1 unspecified atom stereocenters. The number of fused-ring (bicyclic) bond motifs is 1. The molecule has 0 aliphatic rings. The molecule has 0 aliphatic heterocycles. The number of amides is 1. The number of pyridine rings is 1. The molecule has 1 atom stereocenters. The Morgan fingerprint density at radius 2 is 2.15 bits per heavy atom. The van der Waals surface area contributed by atoms with E-state index in [2.05, 4.69) is 10.3 Å². The molecule has 1 aromatic carbocycles. The van der Waals surface area contributed by atoms with Crippen LogP contribution in [0.4, 0.5) is 5.82 Å². The van der Waals surface area contributed by atoms with Gasteiger partial charge in [-0.2, -0.15) is 0 Å². The van der Waals surface area contributed by atoms with Gasteiger partial charge in [-0.25, -0.2) is 4.98 Å². The summed E-state index contributed by atoms with van der Waals surface area (Å²) >= 11 is 6.19. The lowest BCUT2D eigenvalue weighted by Crippen LogP contribution is -2.14. The first-order valence-corrected chi connectivity index (χ1v) is 8.67. The number of aryl methyl sites for hydroxylation is 2. The topological polar surface area (TPSA) is 87.4 Å². The van der Waals surface area contributed by atoms with Crippen LogP contribution in [0.15, 0.2) is 36.7 Å². The summed E-state index contributed by atoms with van der Waals surface area (Å²) in [6.45, 7) is 4.19. The van der Waals surface area contributed by atoms with Crippen LogP contribution in [0.3, 0.4) is 0 Å². The van der Waals surface area contributed by atoms with Gasteiger partial charge < -0.3 is 20.1 Å². The van der Waals surface area contributed by atoms with Crippen LogP contribution in [0.2, 0.25) is 5.02 Å². The van der Waals surface area contributed by atoms with Crippen LogP contribution in [-0.4, -0.2) is 32.3 Å². The van der Waals surface area contributed by atoms with Gasteiger partial charge in [0.25, 0.3) is 5.91 Å². The number of halogens is 1. The van der Waals surface area contributed by atoms with E-state index in [0.29, 0.717) is 22.0 Å². The third-order valence-electron chi connectivity index (χ3n) is 4.36. The number of anilines is 1. The summed E-state index contributed by atoms with van der Waals surface area (Å²) in [7, 11) is 0. The van der Waals surface area contributed by atoms with Crippen LogP contribution in [0, 0.1) is 6.92 Å². The third kappa shape index (κ3) is 3.44. The van der Waals surface area contributed by atoms with Crippen LogP contribution < -0.4 is 5.32 Å². The smallest absolute Gasteiger partial charge is 0.256 e. The minimum atomic E-state index is -0.956. The van der Waals surface area contributed by atoms with Crippen LogP contribution in [0.1, 0.15) is 34.5 Å². The number of nitrogens with one attached hydrogen (secondary N) is 1. The van der Waals surface area contributed by atoms with Gasteiger partial charge in [0.2, 0.25) is 0 Å². The van der Waals surface area contributed by atoms with E-state index >= 15 is 0 Å². The molecule has 0 saturated carbocycles. The monoisotopic (exact) mass is 373 g/mol. The first-order valence-electron chi connectivity index (χ1n) is 8.29. The summed E-state index contributed by atoms with van der Waals surface area (Å²) in [4.78, 5) is 16.8. The molecule has 0 bridgehead atoms. The lowest BCUT2D eigenvalue weighted by atomic mass is 10.0. The van der Waals surface area contributed by atoms with Gasteiger partial charge in [-0.15, -0.1) is 0 Å². The summed E-state index contributed by atoms with van der Waals surface area (Å²) in [6, 6.07) is 6.72. The predicted molar refractivity (Wildman–Crippen MR) is 102 cm³/mol. The van der Waals surface area contributed by atoms with Crippen molar-refractivity contribution >= 4 is 34.2 Å². The fraction of sp³-hybridized carbons (Fsp3) is 0.263. The molecule has 3 N–H and O–H groups in total. The highest BCUT2D eigenvalue weighted by Gasteiger charge is 2.14. The predicted octanol–water partition coefficient (Wildman–Crippen LogP) is 3.30. The molecule has 2 heterocycles. The molecular weight excluding hydrogens is 354 g/mol. The maximum atomic E-state index is 12.5. The number of aliphatic hydroxyl groups is 2. The highest BCUT2D eigenvalue weighted by molar-refractivity contribution is 6.35.